The van der Waals surface area contributed by atoms with Gasteiger partial charge >= 0.3 is 5.97 Å². The zero-order valence-electron chi connectivity index (χ0n) is 13.1. The SMILES string of the molecule is CCOC(=O)/C=C1\CSC(=N)N1CC(O)c1ccc(OC)cc1. The summed E-state index contributed by atoms with van der Waals surface area (Å²) in [7, 11) is 1.58. The van der Waals surface area contributed by atoms with E-state index in [0.717, 1.165) is 5.56 Å². The maximum absolute atomic E-state index is 11.6. The Balaban J connectivity index is 2.08. The molecule has 2 N–H and O–H groups in total. The molecule has 1 aromatic rings. The van der Waals surface area contributed by atoms with Crippen LogP contribution in [0.15, 0.2) is 36.0 Å². The highest BCUT2D eigenvalue weighted by Crippen LogP contribution is 2.29. The molecular formula is C16H20N2O4S. The quantitative estimate of drug-likeness (QED) is 0.612. The topological polar surface area (TPSA) is 82.9 Å². The summed E-state index contributed by atoms with van der Waals surface area (Å²) in [4.78, 5) is 13.2. The van der Waals surface area contributed by atoms with Crippen molar-refractivity contribution in [1.29, 1.82) is 5.41 Å². The van der Waals surface area contributed by atoms with Gasteiger partial charge in [-0.05, 0) is 24.6 Å². The Bertz CT molecular complexity index is 601. The Kier molecular flexibility index (Phi) is 6.06. The van der Waals surface area contributed by atoms with Gasteiger partial charge in [-0.2, -0.15) is 0 Å². The first-order chi connectivity index (χ1) is 11.0. The summed E-state index contributed by atoms with van der Waals surface area (Å²) in [6, 6.07) is 7.12. The predicted octanol–water partition coefficient (Wildman–Crippen LogP) is 2.16. The molecule has 0 aliphatic carbocycles. The Labute approximate surface area is 139 Å². The van der Waals surface area contributed by atoms with Crippen molar-refractivity contribution in [2.75, 3.05) is 26.0 Å². The molecule has 0 bridgehead atoms. The molecule has 0 spiro atoms. The third-order valence-electron chi connectivity index (χ3n) is 3.38. The molecule has 1 heterocycles. The predicted molar refractivity (Wildman–Crippen MR) is 89.6 cm³/mol. The number of ether oxygens (including phenoxy) is 2. The minimum Gasteiger partial charge on any atom is -0.497 e. The number of amidine groups is 1. The number of carbonyl (C=O) groups excluding carboxylic acids is 1. The molecule has 1 aliphatic rings. The number of aliphatic hydroxyl groups is 1. The molecule has 2 rings (SSSR count). The summed E-state index contributed by atoms with van der Waals surface area (Å²) in [6.45, 7) is 2.26. The Morgan fingerprint density at radius 3 is 2.78 bits per heavy atom. The van der Waals surface area contributed by atoms with Gasteiger partial charge in [0.25, 0.3) is 0 Å². The molecule has 0 amide bonds. The van der Waals surface area contributed by atoms with Gasteiger partial charge in [0.05, 0.1) is 26.4 Å². The molecule has 23 heavy (non-hydrogen) atoms. The minimum atomic E-state index is -0.773. The monoisotopic (exact) mass is 336 g/mol. The molecule has 1 unspecified atom stereocenters. The number of aliphatic hydroxyl groups excluding tert-OH is 1. The van der Waals surface area contributed by atoms with Gasteiger partial charge in [0, 0.05) is 17.5 Å². The van der Waals surface area contributed by atoms with Crippen LogP contribution in [-0.2, 0) is 9.53 Å². The third kappa shape index (κ3) is 4.49. The standard InChI is InChI=1S/C16H20N2O4S/c1-3-22-15(20)8-12-10-23-16(17)18(12)9-14(19)11-4-6-13(21-2)7-5-11/h4-8,14,17,19H,3,9-10H2,1-2H3/b12-8+,17-16?. The zero-order chi connectivity index (χ0) is 16.8. The van der Waals surface area contributed by atoms with Crippen molar-refractivity contribution in [2.45, 2.75) is 13.0 Å². The van der Waals surface area contributed by atoms with Crippen LogP contribution in [0.3, 0.4) is 0 Å². The summed E-state index contributed by atoms with van der Waals surface area (Å²) in [5, 5.41) is 18.7. The van der Waals surface area contributed by atoms with Gasteiger partial charge in [0.1, 0.15) is 5.75 Å². The van der Waals surface area contributed by atoms with E-state index in [1.54, 1.807) is 43.2 Å². The van der Waals surface area contributed by atoms with Crippen LogP contribution in [0.1, 0.15) is 18.6 Å². The first kappa shape index (κ1) is 17.4. The summed E-state index contributed by atoms with van der Waals surface area (Å²) in [5.74, 6) is 0.808. The Morgan fingerprint density at radius 1 is 1.48 bits per heavy atom. The second-order valence-electron chi connectivity index (χ2n) is 4.88. The normalized spacial score (nSPS) is 17.4. The van der Waals surface area contributed by atoms with Crippen LogP contribution >= 0.6 is 11.8 Å². The largest absolute Gasteiger partial charge is 0.497 e. The van der Waals surface area contributed by atoms with Gasteiger partial charge in [-0.1, -0.05) is 23.9 Å². The molecule has 0 radical (unpaired) electrons. The lowest BCUT2D eigenvalue weighted by Gasteiger charge is -2.22. The number of hydrogen-bond acceptors (Lipinski definition) is 6. The van der Waals surface area contributed by atoms with E-state index in [1.165, 1.54) is 17.8 Å². The van der Waals surface area contributed by atoms with Crippen LogP contribution < -0.4 is 4.74 Å². The zero-order valence-corrected chi connectivity index (χ0v) is 13.9. The van der Waals surface area contributed by atoms with Gasteiger partial charge in [-0.15, -0.1) is 0 Å². The summed E-state index contributed by atoms with van der Waals surface area (Å²) in [5.41, 5.74) is 1.40. The fourth-order valence-electron chi connectivity index (χ4n) is 2.17. The number of β-amino-alcohol motifs (C(OH)–C–C–N with tert-alkyl or cyclic N) is 1. The average molecular weight is 336 g/mol. The van der Waals surface area contributed by atoms with Crippen molar-refractivity contribution in [3.8, 4) is 5.75 Å². The highest BCUT2D eigenvalue weighted by atomic mass is 32.2. The fourth-order valence-corrected chi connectivity index (χ4v) is 3.04. The van der Waals surface area contributed by atoms with E-state index in [-0.39, 0.29) is 6.54 Å². The fraction of sp³-hybridized carbons (Fsp3) is 0.375. The minimum absolute atomic E-state index is 0.212. The first-order valence-corrected chi connectivity index (χ1v) is 8.22. The molecule has 1 fully saturated rings. The van der Waals surface area contributed by atoms with E-state index < -0.39 is 12.1 Å². The van der Waals surface area contributed by atoms with E-state index in [4.69, 9.17) is 14.9 Å². The number of rotatable bonds is 6. The van der Waals surface area contributed by atoms with Gasteiger partial charge in [0.2, 0.25) is 0 Å². The summed E-state index contributed by atoms with van der Waals surface area (Å²) in [6.07, 6.45) is 0.615. The molecule has 0 aromatic heterocycles. The van der Waals surface area contributed by atoms with Crippen molar-refractivity contribution in [3.05, 3.63) is 41.6 Å². The molecular weight excluding hydrogens is 316 g/mol. The highest BCUT2D eigenvalue weighted by Gasteiger charge is 2.27. The highest BCUT2D eigenvalue weighted by molar-refractivity contribution is 8.14. The van der Waals surface area contributed by atoms with Gasteiger partial charge in [-0.25, -0.2) is 4.79 Å². The lowest BCUT2D eigenvalue weighted by molar-refractivity contribution is -0.137. The van der Waals surface area contributed by atoms with Crippen molar-refractivity contribution in [1.82, 2.24) is 4.90 Å². The second-order valence-corrected chi connectivity index (χ2v) is 5.85. The lowest BCUT2D eigenvalue weighted by Crippen LogP contribution is -2.28. The molecule has 1 saturated heterocycles. The maximum Gasteiger partial charge on any atom is 0.332 e. The number of hydrogen-bond donors (Lipinski definition) is 2. The first-order valence-electron chi connectivity index (χ1n) is 7.23. The van der Waals surface area contributed by atoms with E-state index in [0.29, 0.717) is 29.0 Å². The molecule has 1 atom stereocenters. The van der Waals surface area contributed by atoms with Crippen LogP contribution in [0.5, 0.6) is 5.75 Å². The van der Waals surface area contributed by atoms with E-state index >= 15 is 0 Å². The van der Waals surface area contributed by atoms with Gasteiger partial charge in [0.15, 0.2) is 5.17 Å². The number of carbonyl (C=O) groups is 1. The molecule has 124 valence electrons. The van der Waals surface area contributed by atoms with Crippen molar-refractivity contribution >= 4 is 22.9 Å². The van der Waals surface area contributed by atoms with Crippen LogP contribution in [0.2, 0.25) is 0 Å². The van der Waals surface area contributed by atoms with Gasteiger partial charge < -0.3 is 19.5 Å². The van der Waals surface area contributed by atoms with Crippen LogP contribution in [0.25, 0.3) is 0 Å². The average Bonchev–Trinajstić information content (AvgIpc) is 2.88. The van der Waals surface area contributed by atoms with E-state index in [9.17, 15) is 9.90 Å². The van der Waals surface area contributed by atoms with Crippen LogP contribution in [0.4, 0.5) is 0 Å². The summed E-state index contributed by atoms with van der Waals surface area (Å²) < 4.78 is 10.00. The Morgan fingerprint density at radius 2 is 2.17 bits per heavy atom. The number of esters is 1. The van der Waals surface area contributed by atoms with Crippen LogP contribution in [-0.4, -0.2) is 47.2 Å². The maximum atomic E-state index is 11.6. The smallest absolute Gasteiger partial charge is 0.332 e. The molecule has 7 heteroatoms. The lowest BCUT2D eigenvalue weighted by atomic mass is 10.1. The van der Waals surface area contributed by atoms with Gasteiger partial charge in [-0.3, -0.25) is 5.41 Å². The van der Waals surface area contributed by atoms with E-state index in [2.05, 4.69) is 0 Å². The Hall–Kier alpha value is -1.99. The summed E-state index contributed by atoms with van der Waals surface area (Å²) >= 11 is 1.32. The number of methoxy groups -OCH3 is 1. The second kappa shape index (κ2) is 8.03. The van der Waals surface area contributed by atoms with Crippen molar-refractivity contribution in [3.63, 3.8) is 0 Å². The number of nitrogens with zero attached hydrogens (tertiary/aromatic N) is 1. The molecule has 1 aromatic carbocycles. The van der Waals surface area contributed by atoms with Crippen molar-refractivity contribution < 1.29 is 19.4 Å². The molecule has 0 saturated carbocycles. The van der Waals surface area contributed by atoms with E-state index in [1.807, 2.05) is 0 Å². The molecule has 6 nitrogen and oxygen atoms in total. The number of nitrogens with one attached hydrogen (secondary N) is 1. The van der Waals surface area contributed by atoms with Crippen molar-refractivity contribution in [2.24, 2.45) is 0 Å². The number of thioether (sulfide) groups is 1. The number of benzene rings is 1. The molecule has 1 aliphatic heterocycles. The third-order valence-corrected chi connectivity index (χ3v) is 4.31. The van der Waals surface area contributed by atoms with Crippen LogP contribution in [0, 0.1) is 5.41 Å².